The molecule has 1 heterocycles. The topological polar surface area (TPSA) is 59.1 Å². The third-order valence-corrected chi connectivity index (χ3v) is 2.84. The summed E-state index contributed by atoms with van der Waals surface area (Å²) in [6, 6.07) is 3.29. The molecule has 0 fully saturated rings. The smallest absolute Gasteiger partial charge is 0.209 e. The minimum atomic E-state index is -3.18. The SMILES string of the molecule is CC(NS(C)(=O)=O)c1ccc(Br)cn1. The third kappa shape index (κ3) is 3.73. The van der Waals surface area contributed by atoms with Crippen LogP contribution in [-0.2, 0) is 10.0 Å². The quantitative estimate of drug-likeness (QED) is 0.911. The van der Waals surface area contributed by atoms with Gasteiger partial charge in [-0.1, -0.05) is 0 Å². The lowest BCUT2D eigenvalue weighted by molar-refractivity contribution is 0.570. The van der Waals surface area contributed by atoms with Gasteiger partial charge < -0.3 is 0 Å². The van der Waals surface area contributed by atoms with Crippen molar-refractivity contribution in [2.45, 2.75) is 13.0 Å². The number of nitrogens with zero attached hydrogens (tertiary/aromatic N) is 1. The molecule has 0 aliphatic carbocycles. The molecule has 0 radical (unpaired) electrons. The van der Waals surface area contributed by atoms with E-state index in [1.54, 1.807) is 19.2 Å². The van der Waals surface area contributed by atoms with Crippen molar-refractivity contribution in [3.8, 4) is 0 Å². The normalized spacial score (nSPS) is 13.9. The van der Waals surface area contributed by atoms with E-state index in [1.165, 1.54) is 0 Å². The maximum atomic E-state index is 10.9. The number of nitrogens with one attached hydrogen (secondary N) is 1. The molecule has 1 unspecified atom stereocenters. The summed E-state index contributed by atoms with van der Waals surface area (Å²) in [7, 11) is -3.18. The molecule has 0 saturated carbocycles. The number of hydrogen-bond donors (Lipinski definition) is 1. The van der Waals surface area contributed by atoms with Crippen molar-refractivity contribution in [3.05, 3.63) is 28.5 Å². The predicted octanol–water partition coefficient (Wildman–Crippen LogP) is 1.45. The Labute approximate surface area is 91.9 Å². The predicted molar refractivity (Wildman–Crippen MR) is 58.3 cm³/mol. The lowest BCUT2D eigenvalue weighted by atomic mass is 10.2. The van der Waals surface area contributed by atoms with Gasteiger partial charge in [0.05, 0.1) is 18.0 Å². The molecular formula is C8H11BrN2O2S. The molecule has 0 spiro atoms. The van der Waals surface area contributed by atoms with E-state index in [1.807, 2.05) is 6.07 Å². The molecule has 78 valence electrons. The van der Waals surface area contributed by atoms with Crippen molar-refractivity contribution in [3.63, 3.8) is 0 Å². The Morgan fingerprint density at radius 1 is 1.50 bits per heavy atom. The first-order valence-electron chi connectivity index (χ1n) is 3.97. The Morgan fingerprint density at radius 3 is 2.57 bits per heavy atom. The zero-order valence-electron chi connectivity index (χ0n) is 7.86. The van der Waals surface area contributed by atoms with E-state index in [0.717, 1.165) is 10.7 Å². The van der Waals surface area contributed by atoms with Gasteiger partial charge in [-0.05, 0) is 35.0 Å². The maximum Gasteiger partial charge on any atom is 0.209 e. The van der Waals surface area contributed by atoms with Gasteiger partial charge in [0, 0.05) is 10.7 Å². The molecule has 0 aliphatic heterocycles. The van der Waals surface area contributed by atoms with Crippen LogP contribution in [0.25, 0.3) is 0 Å². The number of halogens is 1. The van der Waals surface area contributed by atoms with Crippen molar-refractivity contribution in [1.29, 1.82) is 0 Å². The second-order valence-corrected chi connectivity index (χ2v) is 5.71. The Bertz CT molecular complexity index is 402. The molecule has 6 heteroatoms. The summed E-state index contributed by atoms with van der Waals surface area (Å²) in [4.78, 5) is 4.09. The van der Waals surface area contributed by atoms with Crippen molar-refractivity contribution in [2.75, 3.05) is 6.26 Å². The molecule has 0 saturated heterocycles. The molecule has 1 aromatic rings. The van der Waals surface area contributed by atoms with E-state index in [4.69, 9.17) is 0 Å². The van der Waals surface area contributed by atoms with Gasteiger partial charge in [0.25, 0.3) is 0 Å². The van der Waals surface area contributed by atoms with Gasteiger partial charge in [-0.15, -0.1) is 0 Å². The maximum absolute atomic E-state index is 10.9. The Kier molecular flexibility index (Phi) is 3.63. The van der Waals surface area contributed by atoms with Gasteiger partial charge in [-0.2, -0.15) is 0 Å². The molecule has 0 aromatic carbocycles. The first-order chi connectivity index (χ1) is 6.38. The van der Waals surface area contributed by atoms with Crippen molar-refractivity contribution in [2.24, 2.45) is 0 Å². The summed E-state index contributed by atoms with van der Waals surface area (Å²) in [6.45, 7) is 1.75. The molecule has 4 nitrogen and oxygen atoms in total. The van der Waals surface area contributed by atoms with Crippen molar-refractivity contribution >= 4 is 26.0 Å². The second kappa shape index (κ2) is 4.37. The number of rotatable bonds is 3. The van der Waals surface area contributed by atoms with Gasteiger partial charge >= 0.3 is 0 Å². The number of sulfonamides is 1. The van der Waals surface area contributed by atoms with E-state index in [2.05, 4.69) is 25.6 Å². The van der Waals surface area contributed by atoms with Gasteiger partial charge in [0.2, 0.25) is 10.0 Å². The van der Waals surface area contributed by atoms with E-state index in [9.17, 15) is 8.42 Å². The van der Waals surface area contributed by atoms with Crippen molar-refractivity contribution < 1.29 is 8.42 Å². The van der Waals surface area contributed by atoms with E-state index < -0.39 is 10.0 Å². The Balaban J connectivity index is 2.80. The molecule has 14 heavy (non-hydrogen) atoms. The minimum Gasteiger partial charge on any atom is -0.258 e. The van der Waals surface area contributed by atoms with E-state index in [0.29, 0.717) is 5.69 Å². The Hall–Kier alpha value is -0.460. The van der Waals surface area contributed by atoms with Crippen LogP contribution in [0.4, 0.5) is 0 Å². The number of aromatic nitrogens is 1. The molecule has 1 aromatic heterocycles. The lowest BCUT2D eigenvalue weighted by Gasteiger charge is -2.10. The minimum absolute atomic E-state index is 0.307. The van der Waals surface area contributed by atoms with Crippen molar-refractivity contribution in [1.82, 2.24) is 9.71 Å². The molecule has 1 rings (SSSR count). The average molecular weight is 279 g/mol. The highest BCUT2D eigenvalue weighted by molar-refractivity contribution is 9.10. The highest BCUT2D eigenvalue weighted by atomic mass is 79.9. The number of pyridine rings is 1. The van der Waals surface area contributed by atoms with E-state index in [-0.39, 0.29) is 6.04 Å². The van der Waals surface area contributed by atoms with Crippen LogP contribution in [0.5, 0.6) is 0 Å². The fourth-order valence-electron chi connectivity index (χ4n) is 1.02. The van der Waals surface area contributed by atoms with Crippen LogP contribution >= 0.6 is 15.9 Å². The summed E-state index contributed by atoms with van der Waals surface area (Å²) in [5.41, 5.74) is 0.693. The van der Waals surface area contributed by atoms with Crippen LogP contribution < -0.4 is 4.72 Å². The van der Waals surface area contributed by atoms with Crippen LogP contribution in [0, 0.1) is 0 Å². The molecular weight excluding hydrogens is 268 g/mol. The summed E-state index contributed by atoms with van der Waals surface area (Å²) < 4.78 is 25.2. The first-order valence-corrected chi connectivity index (χ1v) is 6.65. The molecule has 1 atom stereocenters. The summed E-state index contributed by atoms with van der Waals surface area (Å²) in [5.74, 6) is 0. The average Bonchev–Trinajstić information content (AvgIpc) is 2.02. The summed E-state index contributed by atoms with van der Waals surface area (Å²) >= 11 is 3.25. The molecule has 0 bridgehead atoms. The zero-order valence-corrected chi connectivity index (χ0v) is 10.3. The van der Waals surface area contributed by atoms with Gasteiger partial charge in [-0.25, -0.2) is 13.1 Å². The monoisotopic (exact) mass is 278 g/mol. The van der Waals surface area contributed by atoms with Crippen LogP contribution in [0.2, 0.25) is 0 Å². The molecule has 0 amide bonds. The van der Waals surface area contributed by atoms with Crippen LogP contribution in [-0.4, -0.2) is 19.7 Å². The highest BCUT2D eigenvalue weighted by Crippen LogP contribution is 2.13. The van der Waals surface area contributed by atoms with Crippen LogP contribution in [0.1, 0.15) is 18.7 Å². The molecule has 0 aliphatic rings. The largest absolute Gasteiger partial charge is 0.258 e. The van der Waals surface area contributed by atoms with E-state index >= 15 is 0 Å². The third-order valence-electron chi connectivity index (χ3n) is 1.58. The summed E-state index contributed by atoms with van der Waals surface area (Å²) in [5, 5.41) is 0. The first kappa shape index (κ1) is 11.6. The second-order valence-electron chi connectivity index (χ2n) is 3.01. The summed E-state index contributed by atoms with van der Waals surface area (Å²) in [6.07, 6.45) is 2.76. The highest BCUT2D eigenvalue weighted by Gasteiger charge is 2.11. The standard InChI is InChI=1S/C8H11BrN2O2S/c1-6(11-14(2,12)13)8-4-3-7(9)5-10-8/h3-6,11H,1-2H3. The fourth-order valence-corrected chi connectivity index (χ4v) is 2.02. The Morgan fingerprint density at radius 2 is 2.14 bits per heavy atom. The number of hydrogen-bond acceptors (Lipinski definition) is 3. The fraction of sp³-hybridized carbons (Fsp3) is 0.375. The van der Waals surface area contributed by atoms with Gasteiger partial charge in [0.15, 0.2) is 0 Å². The van der Waals surface area contributed by atoms with Gasteiger partial charge in [-0.3, -0.25) is 4.98 Å². The molecule has 1 N–H and O–H groups in total. The van der Waals surface area contributed by atoms with Crippen LogP contribution in [0.3, 0.4) is 0 Å². The van der Waals surface area contributed by atoms with Gasteiger partial charge in [0.1, 0.15) is 0 Å². The van der Waals surface area contributed by atoms with Crippen LogP contribution in [0.15, 0.2) is 22.8 Å². The zero-order chi connectivity index (χ0) is 10.8. The lowest BCUT2D eigenvalue weighted by Crippen LogP contribution is -2.25.